The van der Waals surface area contributed by atoms with E-state index < -0.39 is 44.0 Å². The summed E-state index contributed by atoms with van der Waals surface area (Å²) in [4.78, 5) is 39.2. The van der Waals surface area contributed by atoms with E-state index in [0.717, 1.165) is 0 Å². The molecule has 1 fully saturated rings. The van der Waals surface area contributed by atoms with Crippen molar-refractivity contribution in [2.45, 2.75) is 89.9 Å². The van der Waals surface area contributed by atoms with Crippen LogP contribution in [-0.4, -0.2) is 42.7 Å². The molecule has 2 aromatic rings. The van der Waals surface area contributed by atoms with Crippen molar-refractivity contribution in [3.05, 3.63) is 45.1 Å². The average Bonchev–Trinajstić information content (AvgIpc) is 3.09. The zero-order valence-corrected chi connectivity index (χ0v) is 21.6. The van der Waals surface area contributed by atoms with Gasteiger partial charge >= 0.3 is 11.7 Å². The zero-order chi connectivity index (χ0) is 24.5. The predicted molar refractivity (Wildman–Crippen MR) is 130 cm³/mol. The molecule has 1 saturated heterocycles. The van der Waals surface area contributed by atoms with E-state index in [-0.39, 0.29) is 6.61 Å². The van der Waals surface area contributed by atoms with Crippen LogP contribution in [-0.2, 0) is 18.7 Å². The summed E-state index contributed by atoms with van der Waals surface area (Å²) in [6.07, 6.45) is -1.46. The number of benzene rings is 1. The Morgan fingerprint density at radius 1 is 1.12 bits per heavy atom. The molecule has 1 aromatic heterocycles. The number of hydrogen-bond acceptors (Lipinski definition) is 6. The second kappa shape index (κ2) is 9.95. The standard InChI is InChI=1S/C24H36N2O6Si/c1-14(2)33(15(3)4,16(5)6)30-13-21-20(31-17(7)27)12-22(32-21)26-19-11-9-8-10-18(19)23(28)25-24(26)29/h8-11,14-16,20-22H,12-13H2,1-7H3,(H,25,28,29)/t20-,21+,22+/m0/s1. The lowest BCUT2D eigenvalue weighted by Crippen LogP contribution is -2.50. The summed E-state index contributed by atoms with van der Waals surface area (Å²) in [5, 5.41) is 0.398. The number of H-pyrrole nitrogens is 1. The number of carbonyl (C=O) groups is 1. The highest BCUT2D eigenvalue weighted by Crippen LogP contribution is 2.43. The number of fused-ring (bicyclic) bond motifs is 1. The summed E-state index contributed by atoms with van der Waals surface area (Å²) in [6, 6.07) is 6.89. The smallest absolute Gasteiger partial charge is 0.330 e. The SMILES string of the molecule is CC(=O)O[C@H]1C[C@H](n2c(=O)[nH]c(=O)c3ccccc32)O[C@@H]1CO[Si](C(C)C)(C(C)C)C(C)C. The van der Waals surface area contributed by atoms with Gasteiger partial charge in [0.05, 0.1) is 17.5 Å². The molecule has 33 heavy (non-hydrogen) atoms. The molecule has 0 unspecified atom stereocenters. The number of para-hydroxylation sites is 1. The van der Waals surface area contributed by atoms with Crippen LogP contribution in [0.3, 0.4) is 0 Å². The highest BCUT2D eigenvalue weighted by molar-refractivity contribution is 6.77. The quantitative estimate of drug-likeness (QED) is 0.455. The number of ether oxygens (including phenoxy) is 2. The lowest BCUT2D eigenvalue weighted by atomic mass is 10.1. The summed E-state index contributed by atoms with van der Waals surface area (Å²) >= 11 is 0. The Bertz CT molecular complexity index is 1080. The maximum absolute atomic E-state index is 12.8. The van der Waals surface area contributed by atoms with Crippen LogP contribution < -0.4 is 11.2 Å². The van der Waals surface area contributed by atoms with E-state index >= 15 is 0 Å². The zero-order valence-electron chi connectivity index (χ0n) is 20.6. The van der Waals surface area contributed by atoms with Crippen LogP contribution in [0.1, 0.15) is 61.1 Å². The molecular formula is C24H36N2O6Si. The third-order valence-electron chi connectivity index (χ3n) is 6.84. The maximum Gasteiger partial charge on any atom is 0.330 e. The van der Waals surface area contributed by atoms with Crippen LogP contribution >= 0.6 is 0 Å². The molecule has 0 bridgehead atoms. The van der Waals surface area contributed by atoms with Gasteiger partial charge in [0.2, 0.25) is 0 Å². The van der Waals surface area contributed by atoms with E-state index in [0.29, 0.717) is 33.9 Å². The minimum Gasteiger partial charge on any atom is -0.460 e. The van der Waals surface area contributed by atoms with E-state index in [1.807, 2.05) is 0 Å². The number of esters is 1. The second-order valence-electron chi connectivity index (χ2n) is 9.79. The van der Waals surface area contributed by atoms with E-state index in [2.05, 4.69) is 46.5 Å². The first-order chi connectivity index (χ1) is 15.5. The lowest BCUT2D eigenvalue weighted by Gasteiger charge is -2.42. The fraction of sp³-hybridized carbons (Fsp3) is 0.625. The molecule has 0 saturated carbocycles. The third kappa shape index (κ3) is 4.85. The van der Waals surface area contributed by atoms with Crippen LogP contribution in [0.15, 0.2) is 33.9 Å². The van der Waals surface area contributed by atoms with Crippen molar-refractivity contribution in [3.8, 4) is 0 Å². The Morgan fingerprint density at radius 2 is 1.73 bits per heavy atom. The van der Waals surface area contributed by atoms with Gasteiger partial charge in [0.1, 0.15) is 18.4 Å². The van der Waals surface area contributed by atoms with Crippen molar-refractivity contribution in [2.24, 2.45) is 0 Å². The highest BCUT2D eigenvalue weighted by Gasteiger charge is 2.47. The average molecular weight is 477 g/mol. The summed E-state index contributed by atoms with van der Waals surface area (Å²) in [6.45, 7) is 14.9. The van der Waals surface area contributed by atoms with Gasteiger partial charge in [-0.1, -0.05) is 53.7 Å². The van der Waals surface area contributed by atoms with Crippen molar-refractivity contribution in [1.29, 1.82) is 0 Å². The van der Waals surface area contributed by atoms with Crippen molar-refractivity contribution >= 4 is 25.2 Å². The number of aromatic nitrogens is 2. The number of aromatic amines is 1. The topological polar surface area (TPSA) is 99.6 Å². The number of rotatable bonds is 8. The molecule has 8 nitrogen and oxygen atoms in total. The molecule has 1 aliphatic heterocycles. The monoisotopic (exact) mass is 476 g/mol. The van der Waals surface area contributed by atoms with Crippen molar-refractivity contribution < 1.29 is 18.7 Å². The Hall–Kier alpha value is -2.23. The van der Waals surface area contributed by atoms with Gasteiger partial charge in [0, 0.05) is 13.3 Å². The van der Waals surface area contributed by atoms with Crippen LogP contribution in [0.25, 0.3) is 10.9 Å². The Balaban J connectivity index is 1.95. The van der Waals surface area contributed by atoms with Gasteiger partial charge < -0.3 is 13.9 Å². The van der Waals surface area contributed by atoms with Crippen LogP contribution in [0.5, 0.6) is 0 Å². The molecule has 3 rings (SSSR count). The minimum absolute atomic E-state index is 0.283. The largest absolute Gasteiger partial charge is 0.460 e. The molecule has 0 radical (unpaired) electrons. The van der Waals surface area contributed by atoms with Crippen molar-refractivity contribution in [1.82, 2.24) is 9.55 Å². The highest BCUT2D eigenvalue weighted by atomic mass is 28.4. The molecule has 1 N–H and O–H groups in total. The van der Waals surface area contributed by atoms with E-state index in [9.17, 15) is 14.4 Å². The lowest BCUT2D eigenvalue weighted by molar-refractivity contribution is -0.150. The fourth-order valence-corrected chi connectivity index (χ4v) is 11.0. The summed E-state index contributed by atoms with van der Waals surface area (Å²) in [5.41, 5.74) is 0.674. The molecule has 2 heterocycles. The minimum atomic E-state index is -2.16. The Kier molecular flexibility index (Phi) is 7.65. The van der Waals surface area contributed by atoms with Crippen LogP contribution in [0.4, 0.5) is 0 Å². The van der Waals surface area contributed by atoms with Gasteiger partial charge in [0.25, 0.3) is 5.56 Å². The van der Waals surface area contributed by atoms with Crippen LogP contribution in [0.2, 0.25) is 16.6 Å². The van der Waals surface area contributed by atoms with Crippen LogP contribution in [0, 0.1) is 0 Å². The normalized spacial score (nSPS) is 21.5. The van der Waals surface area contributed by atoms with E-state index in [1.165, 1.54) is 11.5 Å². The molecule has 1 aliphatic rings. The number of nitrogens with one attached hydrogen (secondary N) is 1. The third-order valence-corrected chi connectivity index (χ3v) is 12.9. The number of carbonyl (C=O) groups excluding carboxylic acids is 1. The van der Waals surface area contributed by atoms with Gasteiger partial charge in [-0.25, -0.2) is 4.79 Å². The molecule has 0 aliphatic carbocycles. The molecule has 1 aromatic carbocycles. The number of hydrogen-bond donors (Lipinski definition) is 1. The first kappa shape index (κ1) is 25.4. The predicted octanol–water partition coefficient (Wildman–Crippen LogP) is 4.10. The van der Waals surface area contributed by atoms with Gasteiger partial charge in [-0.2, -0.15) is 0 Å². The number of nitrogens with zero attached hydrogens (tertiary/aromatic N) is 1. The molecule has 9 heteroatoms. The maximum atomic E-state index is 12.8. The summed E-state index contributed by atoms with van der Waals surface area (Å²) in [7, 11) is -2.16. The molecule has 0 spiro atoms. The first-order valence-corrected chi connectivity index (χ1v) is 13.8. The van der Waals surface area contributed by atoms with Crippen molar-refractivity contribution in [3.63, 3.8) is 0 Å². The molecule has 0 amide bonds. The van der Waals surface area contributed by atoms with Gasteiger partial charge in [0.15, 0.2) is 8.32 Å². The van der Waals surface area contributed by atoms with Gasteiger partial charge in [-0.05, 0) is 28.8 Å². The first-order valence-electron chi connectivity index (χ1n) is 11.7. The fourth-order valence-electron chi connectivity index (χ4n) is 5.57. The van der Waals surface area contributed by atoms with Gasteiger partial charge in [-0.15, -0.1) is 0 Å². The summed E-state index contributed by atoms with van der Waals surface area (Å²) in [5.74, 6) is -0.409. The molecule has 182 valence electrons. The van der Waals surface area contributed by atoms with Crippen molar-refractivity contribution in [2.75, 3.05) is 6.61 Å². The second-order valence-corrected chi connectivity index (χ2v) is 15.2. The van der Waals surface area contributed by atoms with E-state index in [1.54, 1.807) is 24.3 Å². The molecular weight excluding hydrogens is 440 g/mol. The Morgan fingerprint density at radius 3 is 2.30 bits per heavy atom. The molecule has 3 atom stereocenters. The van der Waals surface area contributed by atoms with E-state index in [4.69, 9.17) is 13.9 Å². The summed E-state index contributed by atoms with van der Waals surface area (Å²) < 4.78 is 20.0. The Labute approximate surface area is 195 Å². The van der Waals surface area contributed by atoms with Gasteiger partial charge in [-0.3, -0.25) is 19.1 Å².